The lowest BCUT2D eigenvalue weighted by molar-refractivity contribution is -0.114. The molecule has 1 aliphatic heterocycles. The summed E-state index contributed by atoms with van der Waals surface area (Å²) in [5, 5.41) is 6.11. The zero-order valence-corrected chi connectivity index (χ0v) is 10.7. The molecule has 18 heavy (non-hydrogen) atoms. The fourth-order valence-electron chi connectivity index (χ4n) is 2.02. The van der Waals surface area contributed by atoms with Crippen LogP contribution in [0.5, 0.6) is 0 Å². The van der Waals surface area contributed by atoms with Gasteiger partial charge in [-0.05, 0) is 31.0 Å². The first kappa shape index (κ1) is 12.6. The van der Waals surface area contributed by atoms with Crippen LogP contribution < -0.4 is 10.6 Å². The Hall–Kier alpha value is -1.84. The van der Waals surface area contributed by atoms with Gasteiger partial charge in [-0.2, -0.15) is 0 Å². The molecule has 1 heterocycles. The number of anilines is 2. The van der Waals surface area contributed by atoms with Gasteiger partial charge in [-0.1, -0.05) is 12.5 Å². The lowest BCUT2D eigenvalue weighted by Crippen LogP contribution is -2.12. The molecule has 0 saturated heterocycles. The van der Waals surface area contributed by atoms with Crippen molar-refractivity contribution < 1.29 is 4.79 Å². The van der Waals surface area contributed by atoms with Gasteiger partial charge in [0.1, 0.15) is 5.84 Å². The number of hydrogen-bond donors (Lipinski definition) is 2. The van der Waals surface area contributed by atoms with E-state index in [0.29, 0.717) is 0 Å². The van der Waals surface area contributed by atoms with E-state index in [0.717, 1.165) is 30.2 Å². The van der Waals surface area contributed by atoms with E-state index in [4.69, 9.17) is 0 Å². The largest absolute Gasteiger partial charge is 0.344 e. The van der Waals surface area contributed by atoms with E-state index < -0.39 is 0 Å². The molecule has 0 atom stereocenters. The van der Waals surface area contributed by atoms with Crippen LogP contribution in [0.1, 0.15) is 32.6 Å². The molecule has 4 heteroatoms. The Morgan fingerprint density at radius 2 is 2.06 bits per heavy atom. The lowest BCUT2D eigenvalue weighted by atomic mass is 10.2. The van der Waals surface area contributed by atoms with E-state index in [1.54, 1.807) is 0 Å². The Kier molecular flexibility index (Phi) is 4.34. The average molecular weight is 245 g/mol. The molecule has 0 unspecified atom stereocenters. The lowest BCUT2D eigenvalue weighted by Gasteiger charge is -2.10. The standard InChI is InChI=1S/C14H19N3O/c1-11(18)16-12-6-5-7-13(10-12)17-14-8-3-2-4-9-15-14/h5-7,10H,2-4,8-9H2,1H3,(H,15,17)(H,16,18). The number of nitrogens with one attached hydrogen (secondary N) is 2. The molecule has 1 aliphatic rings. The maximum atomic E-state index is 11.0. The van der Waals surface area contributed by atoms with Gasteiger partial charge in [-0.3, -0.25) is 9.79 Å². The minimum Gasteiger partial charge on any atom is -0.344 e. The van der Waals surface area contributed by atoms with Crippen molar-refractivity contribution in [2.75, 3.05) is 17.2 Å². The summed E-state index contributed by atoms with van der Waals surface area (Å²) >= 11 is 0. The van der Waals surface area contributed by atoms with Crippen molar-refractivity contribution >= 4 is 23.1 Å². The van der Waals surface area contributed by atoms with E-state index in [9.17, 15) is 4.79 Å². The number of carbonyl (C=O) groups excluding carboxylic acids is 1. The van der Waals surface area contributed by atoms with Gasteiger partial charge < -0.3 is 10.6 Å². The molecule has 0 radical (unpaired) electrons. The molecule has 2 rings (SSSR count). The molecule has 0 spiro atoms. The summed E-state index contributed by atoms with van der Waals surface area (Å²) in [4.78, 5) is 15.5. The number of rotatable bonds is 2. The van der Waals surface area contributed by atoms with Gasteiger partial charge in [0, 0.05) is 31.3 Å². The van der Waals surface area contributed by atoms with E-state index >= 15 is 0 Å². The van der Waals surface area contributed by atoms with Gasteiger partial charge in [0.25, 0.3) is 0 Å². The summed E-state index contributed by atoms with van der Waals surface area (Å²) in [6.07, 6.45) is 4.62. The maximum Gasteiger partial charge on any atom is 0.221 e. The highest BCUT2D eigenvalue weighted by molar-refractivity contribution is 5.96. The Morgan fingerprint density at radius 1 is 1.22 bits per heavy atom. The molecular formula is C14H19N3O. The van der Waals surface area contributed by atoms with Crippen molar-refractivity contribution in [2.24, 2.45) is 4.99 Å². The van der Waals surface area contributed by atoms with Crippen molar-refractivity contribution in [1.82, 2.24) is 0 Å². The summed E-state index contributed by atoms with van der Waals surface area (Å²) in [7, 11) is 0. The normalized spacial score (nSPS) is 15.5. The van der Waals surface area contributed by atoms with Crippen molar-refractivity contribution in [1.29, 1.82) is 0 Å². The van der Waals surface area contributed by atoms with E-state index in [2.05, 4.69) is 15.6 Å². The number of aliphatic imine (C=N–C) groups is 1. The highest BCUT2D eigenvalue weighted by Crippen LogP contribution is 2.17. The molecule has 1 aromatic rings. The van der Waals surface area contributed by atoms with Gasteiger partial charge in [-0.25, -0.2) is 0 Å². The fraction of sp³-hybridized carbons (Fsp3) is 0.429. The second kappa shape index (κ2) is 6.19. The Morgan fingerprint density at radius 3 is 2.89 bits per heavy atom. The van der Waals surface area contributed by atoms with E-state index in [-0.39, 0.29) is 5.91 Å². The summed E-state index contributed by atoms with van der Waals surface area (Å²) in [6, 6.07) is 7.71. The number of benzene rings is 1. The van der Waals surface area contributed by atoms with Gasteiger partial charge in [0.05, 0.1) is 0 Å². The van der Waals surface area contributed by atoms with Crippen LogP contribution in [-0.4, -0.2) is 18.3 Å². The minimum atomic E-state index is -0.0565. The Labute approximate surface area is 108 Å². The van der Waals surface area contributed by atoms with Gasteiger partial charge in [-0.15, -0.1) is 0 Å². The van der Waals surface area contributed by atoms with Crippen LogP contribution in [-0.2, 0) is 4.79 Å². The summed E-state index contributed by atoms with van der Waals surface area (Å²) in [6.45, 7) is 2.42. The molecule has 96 valence electrons. The molecule has 0 aliphatic carbocycles. The van der Waals surface area contributed by atoms with Crippen LogP contribution >= 0.6 is 0 Å². The minimum absolute atomic E-state index is 0.0565. The Balaban J connectivity index is 2.04. The monoisotopic (exact) mass is 245 g/mol. The summed E-state index contributed by atoms with van der Waals surface area (Å²) in [5.41, 5.74) is 1.78. The first-order valence-corrected chi connectivity index (χ1v) is 6.42. The summed E-state index contributed by atoms with van der Waals surface area (Å²) in [5.74, 6) is 0.992. The van der Waals surface area contributed by atoms with Crippen LogP contribution in [0.15, 0.2) is 29.3 Å². The topological polar surface area (TPSA) is 53.5 Å². The van der Waals surface area contributed by atoms with E-state index in [1.165, 1.54) is 26.2 Å². The van der Waals surface area contributed by atoms with Crippen LogP contribution in [0.3, 0.4) is 0 Å². The first-order chi connectivity index (χ1) is 8.74. The van der Waals surface area contributed by atoms with Crippen LogP contribution in [0.25, 0.3) is 0 Å². The molecule has 0 bridgehead atoms. The molecule has 2 N–H and O–H groups in total. The zero-order valence-electron chi connectivity index (χ0n) is 10.7. The number of amides is 1. The third-order valence-corrected chi connectivity index (χ3v) is 2.85. The highest BCUT2D eigenvalue weighted by Gasteiger charge is 2.05. The van der Waals surface area contributed by atoms with Crippen molar-refractivity contribution in [2.45, 2.75) is 32.6 Å². The molecule has 0 aromatic heterocycles. The number of carbonyl (C=O) groups is 1. The molecule has 0 fully saturated rings. The van der Waals surface area contributed by atoms with Crippen LogP contribution in [0, 0.1) is 0 Å². The SMILES string of the molecule is CC(=O)Nc1cccc(NC2=NCCCCC2)c1. The second-order valence-electron chi connectivity index (χ2n) is 4.53. The molecule has 0 saturated carbocycles. The third-order valence-electron chi connectivity index (χ3n) is 2.85. The van der Waals surface area contributed by atoms with E-state index in [1.807, 2.05) is 24.3 Å². The predicted molar refractivity (Wildman–Crippen MR) is 75.1 cm³/mol. The number of amidine groups is 1. The molecule has 1 aromatic carbocycles. The van der Waals surface area contributed by atoms with Crippen LogP contribution in [0.2, 0.25) is 0 Å². The van der Waals surface area contributed by atoms with Gasteiger partial charge in [0.2, 0.25) is 5.91 Å². The predicted octanol–water partition coefficient (Wildman–Crippen LogP) is 3.03. The number of hydrogen-bond acceptors (Lipinski definition) is 3. The quantitative estimate of drug-likeness (QED) is 0.841. The zero-order chi connectivity index (χ0) is 12.8. The first-order valence-electron chi connectivity index (χ1n) is 6.42. The molecule has 1 amide bonds. The summed E-state index contributed by atoms with van der Waals surface area (Å²) < 4.78 is 0. The molecular weight excluding hydrogens is 226 g/mol. The highest BCUT2D eigenvalue weighted by atomic mass is 16.1. The average Bonchev–Trinajstić information content (AvgIpc) is 2.57. The second-order valence-corrected chi connectivity index (χ2v) is 4.53. The van der Waals surface area contributed by atoms with Gasteiger partial charge >= 0.3 is 0 Å². The smallest absolute Gasteiger partial charge is 0.221 e. The maximum absolute atomic E-state index is 11.0. The number of nitrogens with zero attached hydrogens (tertiary/aromatic N) is 1. The fourth-order valence-corrected chi connectivity index (χ4v) is 2.02. The van der Waals surface area contributed by atoms with Gasteiger partial charge in [0.15, 0.2) is 0 Å². The van der Waals surface area contributed by atoms with Crippen molar-refractivity contribution in [3.8, 4) is 0 Å². The third kappa shape index (κ3) is 3.87. The molecule has 4 nitrogen and oxygen atoms in total. The van der Waals surface area contributed by atoms with Crippen molar-refractivity contribution in [3.63, 3.8) is 0 Å². The Bertz CT molecular complexity index is 454. The van der Waals surface area contributed by atoms with Crippen molar-refractivity contribution in [3.05, 3.63) is 24.3 Å². The van der Waals surface area contributed by atoms with Crippen LogP contribution in [0.4, 0.5) is 11.4 Å².